The highest BCUT2D eigenvalue weighted by Crippen LogP contribution is 2.36. The van der Waals surface area contributed by atoms with Crippen LogP contribution in [0.1, 0.15) is 44.0 Å². The zero-order valence-electron chi connectivity index (χ0n) is 14.1. The van der Waals surface area contributed by atoms with Crippen molar-refractivity contribution in [1.82, 2.24) is 19.6 Å². The SMILES string of the molecule is CCC(CC)c1cnn2c(Nc3c(Cl)cc(Cl)cc3Cl)nc(C)nc12. The molecule has 1 N–H and O–H groups in total. The lowest BCUT2D eigenvalue weighted by atomic mass is 9.96. The number of benzene rings is 1. The molecule has 0 spiro atoms. The van der Waals surface area contributed by atoms with Gasteiger partial charge in [-0.15, -0.1) is 0 Å². The van der Waals surface area contributed by atoms with Gasteiger partial charge in [-0.3, -0.25) is 0 Å². The average molecular weight is 399 g/mol. The molecule has 5 nitrogen and oxygen atoms in total. The molecule has 0 amide bonds. The van der Waals surface area contributed by atoms with E-state index in [-0.39, 0.29) is 0 Å². The van der Waals surface area contributed by atoms with E-state index in [1.807, 2.05) is 13.1 Å². The first-order chi connectivity index (χ1) is 11.9. The second-order valence-electron chi connectivity index (χ2n) is 5.81. The van der Waals surface area contributed by atoms with Crippen molar-refractivity contribution in [2.24, 2.45) is 0 Å². The Kier molecular flexibility index (Phi) is 5.37. The minimum Gasteiger partial charge on any atom is -0.321 e. The van der Waals surface area contributed by atoms with Crippen LogP contribution in [0.15, 0.2) is 18.3 Å². The molecule has 25 heavy (non-hydrogen) atoms. The summed E-state index contributed by atoms with van der Waals surface area (Å²) >= 11 is 18.5. The standard InChI is InChI=1S/C17H18Cl3N5/c1-4-10(5-2)12-8-21-25-16(12)22-9(3)23-17(25)24-15-13(19)6-11(18)7-14(15)20/h6-8,10H,4-5H2,1-3H3,(H,22,23,24). The molecule has 0 atom stereocenters. The summed E-state index contributed by atoms with van der Waals surface area (Å²) < 4.78 is 1.68. The predicted octanol–water partition coefficient (Wildman–Crippen LogP) is 6.04. The van der Waals surface area contributed by atoms with E-state index < -0.39 is 0 Å². The Balaban J connectivity index is 2.12. The van der Waals surface area contributed by atoms with Gasteiger partial charge < -0.3 is 5.32 Å². The van der Waals surface area contributed by atoms with Crippen LogP contribution in [-0.4, -0.2) is 19.6 Å². The Morgan fingerprint density at radius 2 is 1.72 bits per heavy atom. The number of rotatable bonds is 5. The molecule has 8 heteroatoms. The number of aromatic nitrogens is 4. The molecule has 3 aromatic rings. The summed E-state index contributed by atoms with van der Waals surface area (Å²) in [6.45, 7) is 6.18. The van der Waals surface area contributed by atoms with Gasteiger partial charge in [0.2, 0.25) is 5.95 Å². The molecule has 0 bridgehead atoms. The van der Waals surface area contributed by atoms with Gasteiger partial charge in [-0.2, -0.15) is 14.6 Å². The van der Waals surface area contributed by atoms with Gasteiger partial charge >= 0.3 is 0 Å². The third-order valence-corrected chi connectivity index (χ3v) is 4.99. The van der Waals surface area contributed by atoms with Crippen molar-refractivity contribution in [3.05, 3.63) is 44.8 Å². The van der Waals surface area contributed by atoms with E-state index in [1.165, 1.54) is 0 Å². The molecule has 0 saturated carbocycles. The van der Waals surface area contributed by atoms with Gasteiger partial charge in [0.25, 0.3) is 0 Å². The summed E-state index contributed by atoms with van der Waals surface area (Å²) in [5.74, 6) is 1.55. The van der Waals surface area contributed by atoms with E-state index in [1.54, 1.807) is 16.6 Å². The maximum absolute atomic E-state index is 6.27. The van der Waals surface area contributed by atoms with Gasteiger partial charge in [-0.25, -0.2) is 4.98 Å². The molecule has 0 aliphatic carbocycles. The third kappa shape index (κ3) is 3.54. The summed E-state index contributed by atoms with van der Waals surface area (Å²) in [6, 6.07) is 3.25. The number of aryl methyl sites for hydroxylation is 1. The quantitative estimate of drug-likeness (QED) is 0.569. The van der Waals surface area contributed by atoms with E-state index in [9.17, 15) is 0 Å². The van der Waals surface area contributed by atoms with Crippen molar-refractivity contribution in [2.75, 3.05) is 5.32 Å². The first-order valence-corrected chi connectivity index (χ1v) is 9.21. The average Bonchev–Trinajstić information content (AvgIpc) is 2.96. The van der Waals surface area contributed by atoms with Crippen molar-refractivity contribution >= 4 is 52.1 Å². The highest BCUT2D eigenvalue weighted by Gasteiger charge is 2.18. The Morgan fingerprint density at radius 1 is 1.08 bits per heavy atom. The largest absolute Gasteiger partial charge is 0.321 e. The first kappa shape index (κ1) is 18.2. The van der Waals surface area contributed by atoms with Crippen molar-refractivity contribution in [1.29, 1.82) is 0 Å². The maximum Gasteiger partial charge on any atom is 0.232 e. The maximum atomic E-state index is 6.27. The minimum atomic E-state index is 0.405. The predicted molar refractivity (Wildman–Crippen MR) is 104 cm³/mol. The zero-order chi connectivity index (χ0) is 18.1. The molecule has 0 fully saturated rings. The fourth-order valence-electron chi connectivity index (χ4n) is 2.87. The van der Waals surface area contributed by atoms with Crippen molar-refractivity contribution < 1.29 is 0 Å². The molecule has 0 saturated heterocycles. The van der Waals surface area contributed by atoms with E-state index in [4.69, 9.17) is 34.8 Å². The van der Waals surface area contributed by atoms with Gasteiger partial charge in [0.1, 0.15) is 5.82 Å². The topological polar surface area (TPSA) is 55.1 Å². The van der Waals surface area contributed by atoms with Gasteiger partial charge in [-0.1, -0.05) is 48.7 Å². The molecule has 2 aromatic heterocycles. The second-order valence-corrected chi connectivity index (χ2v) is 7.06. The smallest absolute Gasteiger partial charge is 0.232 e. The van der Waals surface area contributed by atoms with Crippen molar-refractivity contribution in [3.63, 3.8) is 0 Å². The lowest BCUT2D eigenvalue weighted by Crippen LogP contribution is -2.07. The van der Waals surface area contributed by atoms with E-state index >= 15 is 0 Å². The normalized spacial score (nSPS) is 11.5. The van der Waals surface area contributed by atoms with Gasteiger partial charge in [-0.05, 0) is 37.8 Å². The Bertz CT molecular complexity index is 895. The fourth-order valence-corrected chi connectivity index (χ4v) is 3.78. The summed E-state index contributed by atoms with van der Waals surface area (Å²) in [4.78, 5) is 9.03. The summed E-state index contributed by atoms with van der Waals surface area (Å²) in [7, 11) is 0. The second kappa shape index (κ2) is 7.36. The van der Waals surface area contributed by atoms with Crippen molar-refractivity contribution in [3.8, 4) is 0 Å². The third-order valence-electron chi connectivity index (χ3n) is 4.18. The van der Waals surface area contributed by atoms with Gasteiger partial charge in [0, 0.05) is 10.6 Å². The molecular weight excluding hydrogens is 381 g/mol. The Morgan fingerprint density at radius 3 is 2.32 bits per heavy atom. The van der Waals surface area contributed by atoms with E-state index in [0.717, 1.165) is 24.1 Å². The molecule has 0 unspecified atom stereocenters. The number of fused-ring (bicyclic) bond motifs is 1. The molecule has 0 aliphatic rings. The van der Waals surface area contributed by atoms with Crippen LogP contribution in [-0.2, 0) is 0 Å². The molecule has 2 heterocycles. The first-order valence-electron chi connectivity index (χ1n) is 8.08. The van der Waals surface area contributed by atoms with E-state index in [0.29, 0.717) is 38.4 Å². The molecule has 1 aromatic carbocycles. The van der Waals surface area contributed by atoms with Gasteiger partial charge in [0.05, 0.1) is 21.9 Å². The van der Waals surface area contributed by atoms with Crippen LogP contribution >= 0.6 is 34.8 Å². The van der Waals surface area contributed by atoms with Crippen LogP contribution in [0.25, 0.3) is 5.65 Å². The Hall–Kier alpha value is -1.56. The fraction of sp³-hybridized carbons (Fsp3) is 0.353. The van der Waals surface area contributed by atoms with Crippen LogP contribution in [0.3, 0.4) is 0 Å². The minimum absolute atomic E-state index is 0.405. The van der Waals surface area contributed by atoms with Crippen LogP contribution in [0.4, 0.5) is 11.6 Å². The summed E-state index contributed by atoms with van der Waals surface area (Å²) in [5, 5.41) is 8.93. The molecule has 0 radical (unpaired) electrons. The van der Waals surface area contributed by atoms with Crippen LogP contribution in [0.5, 0.6) is 0 Å². The number of halogens is 3. The number of anilines is 2. The van der Waals surface area contributed by atoms with Crippen molar-refractivity contribution in [2.45, 2.75) is 39.5 Å². The summed E-state index contributed by atoms with van der Waals surface area (Å²) in [6.07, 6.45) is 3.91. The number of nitrogens with one attached hydrogen (secondary N) is 1. The van der Waals surface area contributed by atoms with Crippen LogP contribution in [0, 0.1) is 6.92 Å². The van der Waals surface area contributed by atoms with Crippen LogP contribution in [0.2, 0.25) is 15.1 Å². The van der Waals surface area contributed by atoms with Crippen LogP contribution < -0.4 is 5.32 Å². The lowest BCUT2D eigenvalue weighted by Gasteiger charge is -2.13. The highest BCUT2D eigenvalue weighted by atomic mass is 35.5. The highest BCUT2D eigenvalue weighted by molar-refractivity contribution is 6.41. The number of hydrogen-bond donors (Lipinski definition) is 1. The monoisotopic (exact) mass is 397 g/mol. The number of nitrogens with zero attached hydrogens (tertiary/aromatic N) is 4. The molecule has 3 rings (SSSR count). The van der Waals surface area contributed by atoms with Gasteiger partial charge in [0.15, 0.2) is 5.65 Å². The molecule has 0 aliphatic heterocycles. The van der Waals surface area contributed by atoms with E-state index in [2.05, 4.69) is 34.2 Å². The zero-order valence-corrected chi connectivity index (χ0v) is 16.4. The lowest BCUT2D eigenvalue weighted by molar-refractivity contribution is 0.645. The molecular formula is C17H18Cl3N5. The number of hydrogen-bond acceptors (Lipinski definition) is 4. The molecule has 132 valence electrons. The Labute approximate surface area is 161 Å². The summed E-state index contributed by atoms with van der Waals surface area (Å²) in [5.41, 5.74) is 2.45.